The molecule has 0 amide bonds. The SMILES string of the molecule is CCCCCCCCCCCC[n+]1cccc(C2OCC(CO)(COCC3(CO)COC(c4ccc[nH+]c4)OC3)CO2)c1.[Br-].[Br-]. The van der Waals surface area contributed by atoms with Gasteiger partial charge in [0.25, 0.3) is 0 Å². The minimum Gasteiger partial charge on any atom is -1.00 e. The van der Waals surface area contributed by atoms with Gasteiger partial charge in [-0.25, -0.2) is 9.55 Å². The zero-order valence-corrected chi connectivity index (χ0v) is 30.0. The minimum atomic E-state index is -0.674. The first kappa shape index (κ1) is 40.2. The number of rotatable bonds is 19. The average molecular weight is 763 g/mol. The van der Waals surface area contributed by atoms with Gasteiger partial charge in [-0.05, 0) is 18.6 Å². The van der Waals surface area contributed by atoms with Crippen LogP contribution >= 0.6 is 0 Å². The number of aliphatic hydroxyl groups is 2. The van der Waals surface area contributed by atoms with Crippen LogP contribution in [0.5, 0.6) is 0 Å². The second kappa shape index (κ2) is 21.8. The molecule has 2 aliphatic heterocycles. The van der Waals surface area contributed by atoms with Crippen LogP contribution in [-0.2, 0) is 30.2 Å². The summed E-state index contributed by atoms with van der Waals surface area (Å²) in [6.45, 7) is 4.70. The third-order valence-corrected chi connectivity index (χ3v) is 8.58. The molecule has 0 saturated carbocycles. The molecule has 11 heteroatoms. The van der Waals surface area contributed by atoms with Gasteiger partial charge in [-0.2, -0.15) is 0 Å². The van der Waals surface area contributed by atoms with Crippen LogP contribution in [0.1, 0.15) is 94.8 Å². The molecule has 0 radical (unpaired) electrons. The summed E-state index contributed by atoms with van der Waals surface area (Å²) in [5, 5.41) is 20.4. The Labute approximate surface area is 290 Å². The molecular weight excluding hydrogens is 708 g/mol. The number of nitrogens with one attached hydrogen (secondary N) is 1. The van der Waals surface area contributed by atoms with Gasteiger partial charge in [-0.15, -0.1) is 0 Å². The zero-order valence-electron chi connectivity index (χ0n) is 26.8. The van der Waals surface area contributed by atoms with Crippen molar-refractivity contribution in [3.63, 3.8) is 0 Å². The smallest absolute Gasteiger partial charge is 0.189 e. The van der Waals surface area contributed by atoms with E-state index in [1.807, 2.05) is 36.7 Å². The summed E-state index contributed by atoms with van der Waals surface area (Å²) in [5.74, 6) is 0. The molecule has 0 unspecified atom stereocenters. The predicted octanol–water partition coefficient (Wildman–Crippen LogP) is -1.52. The molecule has 2 aromatic heterocycles. The van der Waals surface area contributed by atoms with E-state index in [0.29, 0.717) is 26.4 Å². The number of unbranched alkanes of at least 4 members (excludes halogenated alkanes) is 9. The van der Waals surface area contributed by atoms with Gasteiger partial charge in [0.2, 0.25) is 0 Å². The molecule has 45 heavy (non-hydrogen) atoms. The largest absolute Gasteiger partial charge is 1.00 e. The Bertz CT molecular complexity index is 1040. The first-order valence-corrected chi connectivity index (χ1v) is 16.3. The van der Waals surface area contributed by atoms with Crippen LogP contribution in [0.4, 0.5) is 0 Å². The van der Waals surface area contributed by atoms with Gasteiger partial charge in [0.05, 0.1) is 74.8 Å². The Balaban J connectivity index is 0.00000353. The van der Waals surface area contributed by atoms with Crippen LogP contribution in [0.2, 0.25) is 0 Å². The highest BCUT2D eigenvalue weighted by atomic mass is 79.9. The van der Waals surface area contributed by atoms with E-state index in [9.17, 15) is 10.2 Å². The van der Waals surface area contributed by atoms with E-state index in [1.165, 1.54) is 57.8 Å². The fraction of sp³-hybridized carbons (Fsp3) is 0.706. The lowest BCUT2D eigenvalue weighted by Crippen LogP contribution is -3.00. The molecule has 2 saturated heterocycles. The summed E-state index contributed by atoms with van der Waals surface area (Å²) >= 11 is 0. The lowest BCUT2D eigenvalue weighted by Gasteiger charge is -2.41. The summed E-state index contributed by atoms with van der Waals surface area (Å²) in [4.78, 5) is 3.03. The Morgan fingerprint density at radius 3 is 1.78 bits per heavy atom. The number of ether oxygens (including phenoxy) is 5. The van der Waals surface area contributed by atoms with Crippen LogP contribution in [0, 0.1) is 10.8 Å². The van der Waals surface area contributed by atoms with E-state index in [1.54, 1.807) is 0 Å². The quantitative estimate of drug-likeness (QED) is 0.133. The normalized spacial score (nSPS) is 24.9. The maximum Gasteiger partial charge on any atom is 0.189 e. The Morgan fingerprint density at radius 2 is 1.27 bits per heavy atom. The predicted molar refractivity (Wildman–Crippen MR) is 161 cm³/mol. The summed E-state index contributed by atoms with van der Waals surface area (Å²) in [5.41, 5.74) is 0.523. The van der Waals surface area contributed by atoms with Gasteiger partial charge in [-0.3, -0.25) is 0 Å². The monoisotopic (exact) mass is 760 g/mol. The van der Waals surface area contributed by atoms with E-state index in [-0.39, 0.29) is 60.4 Å². The van der Waals surface area contributed by atoms with Crippen molar-refractivity contribution in [2.45, 2.75) is 90.3 Å². The molecule has 0 aromatic carbocycles. The van der Waals surface area contributed by atoms with Crippen molar-refractivity contribution in [3.8, 4) is 0 Å². The second-order valence-electron chi connectivity index (χ2n) is 12.6. The Hall–Kier alpha value is -1.02. The van der Waals surface area contributed by atoms with E-state index in [4.69, 9.17) is 23.7 Å². The second-order valence-corrected chi connectivity index (χ2v) is 12.6. The Kier molecular flexibility index (Phi) is 19.4. The van der Waals surface area contributed by atoms with Crippen molar-refractivity contribution >= 4 is 0 Å². The molecule has 3 N–H and O–H groups in total. The first-order valence-electron chi connectivity index (χ1n) is 16.3. The van der Waals surface area contributed by atoms with Crippen LogP contribution < -0.4 is 43.5 Å². The molecule has 0 bridgehead atoms. The molecule has 2 fully saturated rings. The standard InChI is InChI=1S/C34H53N2O7.2BrH/c1-2-3-4-5-6-7-8-9-10-11-17-36-18-13-15-30(20-36)32-42-27-34(22-38,28-43-32)24-39-23-33(21-37)25-40-31(41-26-33)29-14-12-16-35-19-29;;/h12-16,18-20,31-32,37-38H,2-11,17,21-28H2,1H3;2*1H/q+1;;/p-1. The number of halogens is 2. The van der Waals surface area contributed by atoms with Crippen LogP contribution in [0.15, 0.2) is 49.1 Å². The fourth-order valence-corrected chi connectivity index (χ4v) is 5.66. The summed E-state index contributed by atoms with van der Waals surface area (Å²) in [6, 6.07) is 7.88. The van der Waals surface area contributed by atoms with Gasteiger partial charge in [0, 0.05) is 18.6 Å². The highest BCUT2D eigenvalue weighted by Gasteiger charge is 2.41. The molecule has 0 aliphatic carbocycles. The van der Waals surface area contributed by atoms with Gasteiger partial charge < -0.3 is 67.9 Å². The lowest BCUT2D eigenvalue weighted by molar-refractivity contribution is -0.698. The molecule has 0 spiro atoms. The number of aromatic amines is 1. The maximum atomic E-state index is 10.2. The third-order valence-electron chi connectivity index (χ3n) is 8.58. The van der Waals surface area contributed by atoms with Crippen LogP contribution in [0.3, 0.4) is 0 Å². The first-order chi connectivity index (χ1) is 21.1. The van der Waals surface area contributed by atoms with E-state index in [0.717, 1.165) is 24.1 Å². The number of aromatic nitrogens is 2. The minimum absolute atomic E-state index is 0. The van der Waals surface area contributed by atoms with Gasteiger partial charge in [-0.1, -0.05) is 58.3 Å². The lowest BCUT2D eigenvalue weighted by atomic mass is 9.89. The van der Waals surface area contributed by atoms with Gasteiger partial charge in [0.15, 0.2) is 37.4 Å². The van der Waals surface area contributed by atoms with Gasteiger partial charge >= 0.3 is 0 Å². The van der Waals surface area contributed by atoms with Crippen molar-refractivity contribution in [3.05, 3.63) is 60.2 Å². The van der Waals surface area contributed by atoms with Crippen molar-refractivity contribution in [1.29, 1.82) is 0 Å². The molecule has 4 rings (SSSR count). The van der Waals surface area contributed by atoms with Crippen molar-refractivity contribution in [2.75, 3.05) is 52.9 Å². The Morgan fingerprint density at radius 1 is 0.756 bits per heavy atom. The average Bonchev–Trinajstić information content (AvgIpc) is 3.07. The van der Waals surface area contributed by atoms with Crippen molar-refractivity contribution in [2.24, 2.45) is 10.8 Å². The number of hydrogen-bond donors (Lipinski definition) is 2. The molecule has 2 aromatic rings. The summed E-state index contributed by atoms with van der Waals surface area (Å²) in [7, 11) is 0. The molecule has 4 heterocycles. The number of aliphatic hydroxyl groups excluding tert-OH is 2. The maximum absolute atomic E-state index is 10.2. The number of H-pyrrole nitrogens is 1. The topological polar surface area (TPSA) is 105 Å². The molecular formula is C34H54Br2N2O7. The highest BCUT2D eigenvalue weighted by molar-refractivity contribution is 5.08. The summed E-state index contributed by atoms with van der Waals surface area (Å²) < 4.78 is 32.3. The van der Waals surface area contributed by atoms with E-state index < -0.39 is 23.4 Å². The highest BCUT2D eigenvalue weighted by Crippen LogP contribution is 2.34. The van der Waals surface area contributed by atoms with Crippen LogP contribution in [-0.4, -0.2) is 63.1 Å². The molecule has 256 valence electrons. The number of hydrogen-bond acceptors (Lipinski definition) is 7. The fourth-order valence-electron chi connectivity index (χ4n) is 5.66. The zero-order chi connectivity index (χ0) is 30.2. The number of pyridine rings is 2. The molecule has 0 atom stereocenters. The summed E-state index contributed by atoms with van der Waals surface area (Å²) in [6.07, 6.45) is 20.2. The van der Waals surface area contributed by atoms with Crippen LogP contribution in [0.25, 0.3) is 0 Å². The number of aryl methyl sites for hydroxylation is 1. The molecule has 9 nitrogen and oxygen atoms in total. The molecule has 2 aliphatic rings. The number of nitrogens with zero attached hydrogens (tertiary/aromatic N) is 1. The van der Waals surface area contributed by atoms with E-state index in [2.05, 4.69) is 28.9 Å². The van der Waals surface area contributed by atoms with Gasteiger partial charge in [0.1, 0.15) is 6.54 Å². The van der Waals surface area contributed by atoms with Crippen molar-refractivity contribution < 1.29 is 77.4 Å². The van der Waals surface area contributed by atoms with Crippen molar-refractivity contribution in [1.82, 2.24) is 0 Å². The van der Waals surface area contributed by atoms with E-state index >= 15 is 0 Å². The third kappa shape index (κ3) is 12.8.